The number of hydrogen-bond acceptors (Lipinski definition) is 3. The summed E-state index contributed by atoms with van der Waals surface area (Å²) in [6.07, 6.45) is 6.16. The molecular formula is C19H23N5O. The van der Waals surface area contributed by atoms with E-state index in [4.69, 9.17) is 4.98 Å². The van der Waals surface area contributed by atoms with Gasteiger partial charge < -0.3 is 9.88 Å². The van der Waals surface area contributed by atoms with Gasteiger partial charge in [-0.1, -0.05) is 25.0 Å². The summed E-state index contributed by atoms with van der Waals surface area (Å²) >= 11 is 0. The summed E-state index contributed by atoms with van der Waals surface area (Å²) in [6, 6.07) is 8.26. The molecule has 1 fully saturated rings. The van der Waals surface area contributed by atoms with Crippen LogP contribution < -0.4 is 5.32 Å². The summed E-state index contributed by atoms with van der Waals surface area (Å²) in [5.41, 5.74) is 2.18. The Balaban J connectivity index is 1.70. The van der Waals surface area contributed by atoms with Gasteiger partial charge in [0.1, 0.15) is 5.82 Å². The summed E-state index contributed by atoms with van der Waals surface area (Å²) < 4.78 is 2.09. The van der Waals surface area contributed by atoms with Crippen LogP contribution in [0.3, 0.4) is 0 Å². The summed E-state index contributed by atoms with van der Waals surface area (Å²) in [4.78, 5) is 17.0. The maximum Gasteiger partial charge on any atom is 0.223 e. The SMILES string of the molecule is CNC(=O)[C@@H]1CCCC[C@@H]1c1nc(-c2cccc3c2ccn3C)n[nH]1. The lowest BCUT2D eigenvalue weighted by atomic mass is 9.78. The number of benzene rings is 1. The lowest BCUT2D eigenvalue weighted by Crippen LogP contribution is -2.34. The van der Waals surface area contributed by atoms with Gasteiger partial charge in [-0.25, -0.2) is 4.98 Å². The molecule has 4 rings (SSSR count). The van der Waals surface area contributed by atoms with Crippen LogP contribution in [0.5, 0.6) is 0 Å². The quantitative estimate of drug-likeness (QED) is 0.771. The second-order valence-corrected chi connectivity index (χ2v) is 6.82. The van der Waals surface area contributed by atoms with E-state index < -0.39 is 0 Å². The highest BCUT2D eigenvalue weighted by atomic mass is 16.1. The van der Waals surface area contributed by atoms with Crippen LogP contribution in [-0.2, 0) is 11.8 Å². The van der Waals surface area contributed by atoms with Crippen LogP contribution >= 0.6 is 0 Å². The van der Waals surface area contributed by atoms with Crippen molar-refractivity contribution in [3.05, 3.63) is 36.3 Å². The predicted molar refractivity (Wildman–Crippen MR) is 97.1 cm³/mol. The van der Waals surface area contributed by atoms with E-state index in [1.165, 1.54) is 0 Å². The molecule has 0 bridgehead atoms. The van der Waals surface area contributed by atoms with Crippen LogP contribution in [0.15, 0.2) is 30.5 Å². The first-order valence-corrected chi connectivity index (χ1v) is 8.87. The summed E-state index contributed by atoms with van der Waals surface area (Å²) in [5.74, 6) is 1.73. The number of nitrogens with one attached hydrogen (secondary N) is 2. The average molecular weight is 337 g/mol. The van der Waals surface area contributed by atoms with Gasteiger partial charge in [0, 0.05) is 48.6 Å². The molecule has 1 saturated carbocycles. The normalized spacial score (nSPS) is 20.7. The number of aromatic nitrogens is 4. The second-order valence-electron chi connectivity index (χ2n) is 6.82. The monoisotopic (exact) mass is 337 g/mol. The fraction of sp³-hybridized carbons (Fsp3) is 0.421. The minimum absolute atomic E-state index is 0.0212. The van der Waals surface area contributed by atoms with Crippen LogP contribution in [0.1, 0.15) is 37.4 Å². The fourth-order valence-electron chi connectivity index (χ4n) is 4.02. The average Bonchev–Trinajstić information content (AvgIpc) is 3.28. The molecule has 0 aliphatic heterocycles. The molecule has 0 spiro atoms. The highest BCUT2D eigenvalue weighted by Gasteiger charge is 2.33. The van der Waals surface area contributed by atoms with Crippen LogP contribution in [0.4, 0.5) is 0 Å². The number of amides is 1. The van der Waals surface area contributed by atoms with Crippen molar-refractivity contribution in [3.8, 4) is 11.4 Å². The molecule has 130 valence electrons. The van der Waals surface area contributed by atoms with E-state index in [1.54, 1.807) is 7.05 Å². The standard InChI is InChI=1S/C19H23N5O/c1-20-19(25)15-7-4-3-6-14(15)18-21-17(22-23-18)13-8-5-9-16-12(13)10-11-24(16)2/h5,8-11,14-15H,3-4,6-7H2,1-2H3,(H,20,25)(H,21,22,23)/t14-,15+/m0/s1. The summed E-state index contributed by atoms with van der Waals surface area (Å²) in [5, 5.41) is 11.5. The van der Waals surface area contributed by atoms with Gasteiger partial charge in [0.25, 0.3) is 0 Å². The first kappa shape index (κ1) is 15.9. The summed E-state index contributed by atoms with van der Waals surface area (Å²) in [6.45, 7) is 0. The maximum atomic E-state index is 12.2. The number of H-pyrrole nitrogens is 1. The molecule has 6 nitrogen and oxygen atoms in total. The van der Waals surface area contributed by atoms with Crippen molar-refractivity contribution in [3.63, 3.8) is 0 Å². The van der Waals surface area contributed by atoms with E-state index in [0.29, 0.717) is 5.82 Å². The van der Waals surface area contributed by atoms with E-state index >= 15 is 0 Å². The molecule has 2 heterocycles. The Labute approximate surface area is 146 Å². The van der Waals surface area contributed by atoms with Gasteiger partial charge in [0.2, 0.25) is 5.91 Å². The number of aromatic amines is 1. The zero-order chi connectivity index (χ0) is 17.4. The van der Waals surface area contributed by atoms with Crippen LogP contribution in [0.25, 0.3) is 22.3 Å². The first-order chi connectivity index (χ1) is 12.2. The largest absolute Gasteiger partial charge is 0.359 e. The van der Waals surface area contributed by atoms with Gasteiger partial charge in [-0.2, -0.15) is 5.10 Å². The molecule has 0 saturated heterocycles. The zero-order valence-corrected chi connectivity index (χ0v) is 14.6. The van der Waals surface area contributed by atoms with E-state index in [0.717, 1.165) is 48.0 Å². The molecule has 2 aromatic heterocycles. The van der Waals surface area contributed by atoms with Gasteiger partial charge in [-0.15, -0.1) is 0 Å². The molecule has 0 unspecified atom stereocenters. The molecule has 1 aromatic carbocycles. The predicted octanol–water partition coefficient (Wildman–Crippen LogP) is 2.98. The molecule has 1 aliphatic carbocycles. The van der Waals surface area contributed by atoms with Gasteiger partial charge in [-0.3, -0.25) is 9.89 Å². The smallest absolute Gasteiger partial charge is 0.223 e. The van der Waals surface area contributed by atoms with Gasteiger partial charge in [-0.05, 0) is 25.0 Å². The van der Waals surface area contributed by atoms with Crippen molar-refractivity contribution in [1.29, 1.82) is 0 Å². The Morgan fingerprint density at radius 2 is 2.12 bits per heavy atom. The zero-order valence-electron chi connectivity index (χ0n) is 14.6. The van der Waals surface area contributed by atoms with Crippen molar-refractivity contribution < 1.29 is 4.79 Å². The third-order valence-corrected chi connectivity index (χ3v) is 5.37. The number of carbonyl (C=O) groups is 1. The van der Waals surface area contributed by atoms with Crippen molar-refractivity contribution in [2.75, 3.05) is 7.05 Å². The molecule has 0 radical (unpaired) electrons. The Morgan fingerprint density at radius 3 is 2.96 bits per heavy atom. The molecule has 2 atom stereocenters. The Bertz CT molecular complexity index is 910. The van der Waals surface area contributed by atoms with E-state index in [2.05, 4.69) is 32.2 Å². The highest BCUT2D eigenvalue weighted by Crippen LogP contribution is 2.37. The third kappa shape index (κ3) is 2.71. The fourth-order valence-corrected chi connectivity index (χ4v) is 4.02. The minimum atomic E-state index is -0.0212. The van der Waals surface area contributed by atoms with E-state index in [1.807, 2.05) is 25.4 Å². The van der Waals surface area contributed by atoms with Gasteiger partial charge in [0.15, 0.2) is 5.82 Å². The second kappa shape index (κ2) is 6.35. The molecule has 1 amide bonds. The number of nitrogens with zero attached hydrogens (tertiary/aromatic N) is 3. The van der Waals surface area contributed by atoms with Crippen molar-refractivity contribution in [1.82, 2.24) is 25.1 Å². The topological polar surface area (TPSA) is 75.6 Å². The van der Waals surface area contributed by atoms with Crippen molar-refractivity contribution in [2.24, 2.45) is 13.0 Å². The Kier molecular flexibility index (Phi) is 4.03. The van der Waals surface area contributed by atoms with Crippen LogP contribution in [-0.4, -0.2) is 32.7 Å². The molecular weight excluding hydrogens is 314 g/mol. The third-order valence-electron chi connectivity index (χ3n) is 5.37. The van der Waals surface area contributed by atoms with Crippen molar-refractivity contribution >= 4 is 16.8 Å². The maximum absolute atomic E-state index is 12.2. The van der Waals surface area contributed by atoms with E-state index in [9.17, 15) is 4.79 Å². The van der Waals surface area contributed by atoms with Gasteiger partial charge >= 0.3 is 0 Å². The number of fused-ring (bicyclic) bond motifs is 1. The lowest BCUT2D eigenvalue weighted by molar-refractivity contribution is -0.126. The number of aryl methyl sites for hydroxylation is 1. The van der Waals surface area contributed by atoms with Gasteiger partial charge in [0.05, 0.1) is 0 Å². The molecule has 3 aromatic rings. The molecule has 1 aliphatic rings. The Morgan fingerprint density at radius 1 is 1.28 bits per heavy atom. The van der Waals surface area contributed by atoms with Crippen LogP contribution in [0.2, 0.25) is 0 Å². The van der Waals surface area contributed by atoms with Crippen LogP contribution in [0, 0.1) is 5.92 Å². The highest BCUT2D eigenvalue weighted by molar-refractivity contribution is 5.93. The molecule has 6 heteroatoms. The minimum Gasteiger partial charge on any atom is -0.359 e. The Hall–Kier alpha value is -2.63. The lowest BCUT2D eigenvalue weighted by Gasteiger charge is -2.28. The van der Waals surface area contributed by atoms with E-state index in [-0.39, 0.29) is 17.7 Å². The number of hydrogen-bond donors (Lipinski definition) is 2. The molecule has 2 N–H and O–H groups in total. The summed E-state index contributed by atoms with van der Waals surface area (Å²) in [7, 11) is 3.74. The number of rotatable bonds is 3. The first-order valence-electron chi connectivity index (χ1n) is 8.87. The molecule has 25 heavy (non-hydrogen) atoms. The number of carbonyl (C=O) groups excluding carboxylic acids is 1. The van der Waals surface area contributed by atoms with Crippen molar-refractivity contribution in [2.45, 2.75) is 31.6 Å².